The summed E-state index contributed by atoms with van der Waals surface area (Å²) in [6.45, 7) is 2.39. The molecule has 1 N–H and O–H groups in total. The smallest absolute Gasteiger partial charge is 0.257 e. The lowest BCUT2D eigenvalue weighted by Crippen LogP contribution is -2.13. The standard InChI is InChI=1S/C14H12Cl2N2O2/c1-2-20-12-6-4-3-5-11(12)18-14(19)9-7-10(15)13(16)17-8-9/h3-8H,2H2,1H3,(H,18,19). The van der Waals surface area contributed by atoms with E-state index in [-0.39, 0.29) is 16.1 Å². The minimum absolute atomic E-state index is 0.165. The van der Waals surface area contributed by atoms with Crippen LogP contribution >= 0.6 is 23.2 Å². The highest BCUT2D eigenvalue weighted by atomic mass is 35.5. The minimum atomic E-state index is -0.330. The lowest BCUT2D eigenvalue weighted by Gasteiger charge is -2.11. The maximum absolute atomic E-state index is 12.1. The van der Waals surface area contributed by atoms with E-state index in [0.717, 1.165) is 0 Å². The third-order valence-corrected chi connectivity index (χ3v) is 3.18. The van der Waals surface area contributed by atoms with Gasteiger partial charge in [0.25, 0.3) is 5.91 Å². The van der Waals surface area contributed by atoms with Crippen LogP contribution in [0.4, 0.5) is 5.69 Å². The Bertz CT molecular complexity index is 632. The molecule has 0 atom stereocenters. The molecule has 0 aliphatic heterocycles. The summed E-state index contributed by atoms with van der Waals surface area (Å²) in [4.78, 5) is 16.0. The fourth-order valence-corrected chi connectivity index (χ4v) is 1.86. The Morgan fingerprint density at radius 1 is 1.35 bits per heavy atom. The predicted octanol–water partition coefficient (Wildman–Crippen LogP) is 4.04. The van der Waals surface area contributed by atoms with E-state index in [0.29, 0.717) is 23.6 Å². The summed E-state index contributed by atoms with van der Waals surface area (Å²) in [6, 6.07) is 8.65. The number of nitrogens with one attached hydrogen (secondary N) is 1. The van der Waals surface area contributed by atoms with Gasteiger partial charge in [-0.3, -0.25) is 4.79 Å². The van der Waals surface area contributed by atoms with Crippen LogP contribution in [0, 0.1) is 0 Å². The van der Waals surface area contributed by atoms with Crippen LogP contribution in [-0.4, -0.2) is 17.5 Å². The molecule has 0 aliphatic rings. The number of anilines is 1. The molecule has 0 spiro atoms. The molecule has 0 radical (unpaired) electrons. The molecule has 0 fully saturated rings. The van der Waals surface area contributed by atoms with Gasteiger partial charge in [0.2, 0.25) is 0 Å². The molecule has 0 saturated heterocycles. The molecule has 2 aromatic rings. The van der Waals surface area contributed by atoms with E-state index in [4.69, 9.17) is 27.9 Å². The van der Waals surface area contributed by atoms with Gasteiger partial charge in [0.05, 0.1) is 22.9 Å². The Hall–Kier alpha value is -1.78. The Morgan fingerprint density at radius 2 is 2.10 bits per heavy atom. The number of para-hydroxylation sites is 2. The molecule has 20 heavy (non-hydrogen) atoms. The molecule has 1 aromatic carbocycles. The molecule has 104 valence electrons. The number of rotatable bonds is 4. The van der Waals surface area contributed by atoms with Crippen LogP contribution in [0.3, 0.4) is 0 Å². The molecule has 0 saturated carbocycles. The second kappa shape index (κ2) is 6.59. The number of carbonyl (C=O) groups is 1. The van der Waals surface area contributed by atoms with E-state index in [9.17, 15) is 4.79 Å². The van der Waals surface area contributed by atoms with Gasteiger partial charge in [0.1, 0.15) is 10.9 Å². The zero-order valence-corrected chi connectivity index (χ0v) is 12.2. The maximum Gasteiger partial charge on any atom is 0.257 e. The Balaban J connectivity index is 2.21. The van der Waals surface area contributed by atoms with Crippen molar-refractivity contribution in [2.75, 3.05) is 11.9 Å². The van der Waals surface area contributed by atoms with Crippen molar-refractivity contribution in [3.05, 3.63) is 52.3 Å². The van der Waals surface area contributed by atoms with Crippen LogP contribution in [0.2, 0.25) is 10.2 Å². The molecular weight excluding hydrogens is 299 g/mol. The van der Waals surface area contributed by atoms with Crippen molar-refractivity contribution in [2.24, 2.45) is 0 Å². The summed E-state index contributed by atoms with van der Waals surface area (Å²) in [5, 5.41) is 3.15. The normalized spacial score (nSPS) is 10.2. The number of carbonyl (C=O) groups excluding carboxylic acids is 1. The third kappa shape index (κ3) is 3.40. The molecule has 4 nitrogen and oxygen atoms in total. The van der Waals surface area contributed by atoms with Gasteiger partial charge >= 0.3 is 0 Å². The molecule has 0 aliphatic carbocycles. The maximum atomic E-state index is 12.1. The predicted molar refractivity (Wildman–Crippen MR) is 79.8 cm³/mol. The van der Waals surface area contributed by atoms with Gasteiger partial charge in [-0.05, 0) is 25.1 Å². The molecule has 1 aromatic heterocycles. The Kier molecular flexibility index (Phi) is 4.82. The molecule has 1 heterocycles. The SMILES string of the molecule is CCOc1ccccc1NC(=O)c1cnc(Cl)c(Cl)c1. The van der Waals surface area contributed by atoms with Gasteiger partial charge in [-0.15, -0.1) is 0 Å². The highest BCUT2D eigenvalue weighted by Gasteiger charge is 2.11. The van der Waals surface area contributed by atoms with Gasteiger partial charge in [-0.1, -0.05) is 35.3 Å². The van der Waals surface area contributed by atoms with Gasteiger partial charge in [0.15, 0.2) is 0 Å². The first-order valence-electron chi connectivity index (χ1n) is 5.96. The van der Waals surface area contributed by atoms with E-state index in [1.165, 1.54) is 12.3 Å². The monoisotopic (exact) mass is 310 g/mol. The van der Waals surface area contributed by atoms with Crippen molar-refractivity contribution >= 4 is 34.8 Å². The highest BCUT2D eigenvalue weighted by Crippen LogP contribution is 2.25. The van der Waals surface area contributed by atoms with Gasteiger partial charge in [-0.2, -0.15) is 0 Å². The Labute approximate surface area is 126 Å². The lowest BCUT2D eigenvalue weighted by atomic mass is 10.2. The molecular formula is C14H12Cl2N2O2. The first-order chi connectivity index (χ1) is 9.61. The topological polar surface area (TPSA) is 51.2 Å². The van der Waals surface area contributed by atoms with E-state index in [1.54, 1.807) is 12.1 Å². The number of pyridine rings is 1. The first-order valence-corrected chi connectivity index (χ1v) is 6.71. The van der Waals surface area contributed by atoms with E-state index >= 15 is 0 Å². The van der Waals surface area contributed by atoms with Crippen LogP contribution < -0.4 is 10.1 Å². The fourth-order valence-electron chi connectivity index (χ4n) is 1.59. The Morgan fingerprint density at radius 3 is 2.80 bits per heavy atom. The number of ether oxygens (including phenoxy) is 1. The second-order valence-corrected chi connectivity index (χ2v) is 4.65. The lowest BCUT2D eigenvalue weighted by molar-refractivity contribution is 0.102. The van der Waals surface area contributed by atoms with Crippen molar-refractivity contribution in [3.63, 3.8) is 0 Å². The molecule has 6 heteroatoms. The number of hydrogen-bond acceptors (Lipinski definition) is 3. The van der Waals surface area contributed by atoms with Gasteiger partial charge < -0.3 is 10.1 Å². The van der Waals surface area contributed by atoms with E-state index in [1.807, 2.05) is 19.1 Å². The van der Waals surface area contributed by atoms with Crippen molar-refractivity contribution in [3.8, 4) is 5.75 Å². The van der Waals surface area contributed by atoms with Crippen molar-refractivity contribution in [1.29, 1.82) is 0 Å². The quantitative estimate of drug-likeness (QED) is 0.867. The summed E-state index contributed by atoms with van der Waals surface area (Å²) in [5.41, 5.74) is 0.913. The summed E-state index contributed by atoms with van der Waals surface area (Å²) < 4.78 is 5.44. The molecule has 0 bridgehead atoms. The largest absolute Gasteiger partial charge is 0.492 e. The van der Waals surface area contributed by atoms with Gasteiger partial charge in [0, 0.05) is 6.20 Å². The third-order valence-electron chi connectivity index (χ3n) is 2.49. The second-order valence-electron chi connectivity index (χ2n) is 3.88. The number of aromatic nitrogens is 1. The average Bonchev–Trinajstić information content (AvgIpc) is 2.44. The minimum Gasteiger partial charge on any atom is -0.492 e. The van der Waals surface area contributed by atoms with Crippen LogP contribution in [0.5, 0.6) is 5.75 Å². The fraction of sp³-hybridized carbons (Fsp3) is 0.143. The number of nitrogens with zero attached hydrogens (tertiary/aromatic N) is 1. The van der Waals surface area contributed by atoms with Crippen LogP contribution in [0.1, 0.15) is 17.3 Å². The number of hydrogen-bond donors (Lipinski definition) is 1. The van der Waals surface area contributed by atoms with Gasteiger partial charge in [-0.25, -0.2) is 4.98 Å². The van der Waals surface area contributed by atoms with Crippen LogP contribution in [0.15, 0.2) is 36.5 Å². The first kappa shape index (κ1) is 14.6. The zero-order chi connectivity index (χ0) is 14.5. The molecule has 1 amide bonds. The van der Waals surface area contributed by atoms with Crippen LogP contribution in [0.25, 0.3) is 0 Å². The summed E-state index contributed by atoms with van der Waals surface area (Å²) in [6.07, 6.45) is 1.37. The summed E-state index contributed by atoms with van der Waals surface area (Å²) >= 11 is 11.6. The van der Waals surface area contributed by atoms with Crippen molar-refractivity contribution in [1.82, 2.24) is 4.98 Å². The molecule has 0 unspecified atom stereocenters. The zero-order valence-electron chi connectivity index (χ0n) is 10.7. The van der Waals surface area contributed by atoms with E-state index < -0.39 is 0 Å². The highest BCUT2D eigenvalue weighted by molar-refractivity contribution is 6.41. The summed E-state index contributed by atoms with van der Waals surface area (Å²) in [5.74, 6) is 0.277. The number of halogens is 2. The molecule has 2 rings (SSSR count). The van der Waals surface area contributed by atoms with Crippen molar-refractivity contribution < 1.29 is 9.53 Å². The van der Waals surface area contributed by atoms with E-state index in [2.05, 4.69) is 10.3 Å². The average molecular weight is 311 g/mol. The number of amides is 1. The van der Waals surface area contributed by atoms with Crippen molar-refractivity contribution in [2.45, 2.75) is 6.92 Å². The van der Waals surface area contributed by atoms with Crippen LogP contribution in [-0.2, 0) is 0 Å². The number of benzene rings is 1. The summed E-state index contributed by atoms with van der Waals surface area (Å²) in [7, 11) is 0.